The third-order valence-electron chi connectivity index (χ3n) is 5.62. The lowest BCUT2D eigenvalue weighted by Gasteiger charge is -2.28. The third kappa shape index (κ3) is 2.03. The van der Waals surface area contributed by atoms with Crippen LogP contribution in [0.4, 0.5) is 0 Å². The van der Waals surface area contributed by atoms with Crippen LogP contribution in [0.3, 0.4) is 0 Å². The first-order chi connectivity index (χ1) is 7.86. The molecule has 0 heterocycles. The van der Waals surface area contributed by atoms with Crippen LogP contribution in [0, 0.1) is 23.7 Å². The molecule has 0 amide bonds. The molecule has 0 aromatic rings. The van der Waals surface area contributed by atoms with Gasteiger partial charge in [-0.05, 0) is 68.7 Å². The van der Waals surface area contributed by atoms with E-state index >= 15 is 0 Å². The molecule has 1 N–H and O–H groups in total. The number of nitrogens with one attached hydrogen (secondary N) is 1. The van der Waals surface area contributed by atoms with E-state index in [-0.39, 0.29) is 0 Å². The number of hydrogen-bond donors (Lipinski definition) is 1. The number of hydrogen-bond acceptors (Lipinski definition) is 1. The van der Waals surface area contributed by atoms with E-state index in [1.807, 2.05) is 0 Å². The summed E-state index contributed by atoms with van der Waals surface area (Å²) in [4.78, 5) is 0. The maximum atomic E-state index is 3.71. The Hall–Kier alpha value is -0.0400. The lowest BCUT2D eigenvalue weighted by Crippen LogP contribution is -2.33. The maximum absolute atomic E-state index is 3.71. The van der Waals surface area contributed by atoms with Crippen molar-refractivity contribution in [1.82, 2.24) is 5.32 Å². The summed E-state index contributed by atoms with van der Waals surface area (Å²) in [5.41, 5.74) is 0. The molecule has 0 aromatic carbocycles. The highest BCUT2D eigenvalue weighted by molar-refractivity contribution is 4.93. The second kappa shape index (κ2) is 4.68. The summed E-state index contributed by atoms with van der Waals surface area (Å²) < 4.78 is 0. The highest BCUT2D eigenvalue weighted by Crippen LogP contribution is 2.51. The molecule has 3 fully saturated rings. The van der Waals surface area contributed by atoms with Gasteiger partial charge in [0.15, 0.2) is 0 Å². The predicted molar refractivity (Wildman–Crippen MR) is 68.4 cm³/mol. The van der Waals surface area contributed by atoms with Crippen LogP contribution >= 0.6 is 0 Å². The summed E-state index contributed by atoms with van der Waals surface area (Å²) in [5, 5.41) is 3.71. The van der Waals surface area contributed by atoms with E-state index in [4.69, 9.17) is 0 Å². The van der Waals surface area contributed by atoms with Gasteiger partial charge in [0.2, 0.25) is 0 Å². The van der Waals surface area contributed by atoms with Crippen molar-refractivity contribution in [1.29, 1.82) is 0 Å². The molecule has 3 aliphatic rings. The molecule has 0 saturated heterocycles. The number of rotatable bonds is 4. The molecule has 92 valence electrons. The van der Waals surface area contributed by atoms with Gasteiger partial charge in [-0.2, -0.15) is 0 Å². The minimum atomic E-state index is 0.865. The first-order valence-electron chi connectivity index (χ1n) is 7.60. The first-order valence-corrected chi connectivity index (χ1v) is 7.60. The minimum Gasteiger partial charge on any atom is -0.314 e. The van der Waals surface area contributed by atoms with Crippen molar-refractivity contribution in [3.8, 4) is 0 Å². The highest BCUT2D eigenvalue weighted by atomic mass is 14.9. The molecule has 5 unspecified atom stereocenters. The molecule has 0 radical (unpaired) electrons. The average Bonchev–Trinajstić information content (AvgIpc) is 2.96. The lowest BCUT2D eigenvalue weighted by atomic mass is 9.80. The largest absolute Gasteiger partial charge is 0.314 e. The second-order valence-electron chi connectivity index (χ2n) is 6.53. The Labute approximate surface area is 100 Å². The standard InChI is InChI=1S/C15H27N/c1-2-16-15-5-3-4-13(15)10-14-9-11-6-7-12(14)8-11/h11-16H,2-10H2,1H3. The van der Waals surface area contributed by atoms with Crippen molar-refractivity contribution in [3.05, 3.63) is 0 Å². The van der Waals surface area contributed by atoms with Gasteiger partial charge in [0.25, 0.3) is 0 Å². The van der Waals surface area contributed by atoms with Gasteiger partial charge in [-0.15, -0.1) is 0 Å². The Kier molecular flexibility index (Phi) is 3.24. The first kappa shape index (κ1) is 11.1. The van der Waals surface area contributed by atoms with E-state index in [0.717, 1.165) is 36.3 Å². The van der Waals surface area contributed by atoms with Gasteiger partial charge in [0, 0.05) is 6.04 Å². The van der Waals surface area contributed by atoms with Crippen molar-refractivity contribution in [2.75, 3.05) is 6.54 Å². The molecule has 5 atom stereocenters. The zero-order valence-corrected chi connectivity index (χ0v) is 10.8. The van der Waals surface area contributed by atoms with Crippen molar-refractivity contribution < 1.29 is 0 Å². The van der Waals surface area contributed by atoms with Crippen LogP contribution in [0.25, 0.3) is 0 Å². The van der Waals surface area contributed by atoms with Crippen molar-refractivity contribution >= 4 is 0 Å². The van der Waals surface area contributed by atoms with E-state index in [1.54, 1.807) is 32.1 Å². The van der Waals surface area contributed by atoms with Gasteiger partial charge in [-0.1, -0.05) is 19.8 Å². The van der Waals surface area contributed by atoms with Crippen molar-refractivity contribution in [3.63, 3.8) is 0 Å². The van der Waals surface area contributed by atoms with E-state index in [0.29, 0.717) is 0 Å². The van der Waals surface area contributed by atoms with Gasteiger partial charge in [0.05, 0.1) is 0 Å². The summed E-state index contributed by atoms with van der Waals surface area (Å²) in [6.45, 7) is 3.42. The fourth-order valence-electron chi connectivity index (χ4n) is 4.90. The fourth-order valence-corrected chi connectivity index (χ4v) is 4.90. The SMILES string of the molecule is CCNC1CCCC1CC1CC2CCC1C2. The van der Waals surface area contributed by atoms with Crippen molar-refractivity contribution in [2.45, 2.75) is 64.3 Å². The Bertz CT molecular complexity index is 238. The Morgan fingerprint density at radius 2 is 1.94 bits per heavy atom. The Morgan fingerprint density at radius 1 is 1.00 bits per heavy atom. The summed E-state index contributed by atoms with van der Waals surface area (Å²) in [7, 11) is 0. The zero-order chi connectivity index (χ0) is 11.0. The van der Waals surface area contributed by atoms with Gasteiger partial charge < -0.3 is 5.32 Å². The molecule has 3 saturated carbocycles. The second-order valence-corrected chi connectivity index (χ2v) is 6.53. The molecule has 2 bridgehead atoms. The van der Waals surface area contributed by atoms with Gasteiger partial charge >= 0.3 is 0 Å². The Balaban J connectivity index is 1.54. The molecular weight excluding hydrogens is 194 g/mol. The minimum absolute atomic E-state index is 0.865. The monoisotopic (exact) mass is 221 g/mol. The van der Waals surface area contributed by atoms with E-state index in [1.165, 1.54) is 19.3 Å². The highest BCUT2D eigenvalue weighted by Gasteiger charge is 2.41. The van der Waals surface area contributed by atoms with Gasteiger partial charge in [-0.3, -0.25) is 0 Å². The fraction of sp³-hybridized carbons (Fsp3) is 1.00. The van der Waals surface area contributed by atoms with Crippen LogP contribution in [0.2, 0.25) is 0 Å². The maximum Gasteiger partial charge on any atom is 0.00953 e. The molecule has 1 heteroatoms. The van der Waals surface area contributed by atoms with Crippen LogP contribution in [0.15, 0.2) is 0 Å². The molecule has 16 heavy (non-hydrogen) atoms. The summed E-state index contributed by atoms with van der Waals surface area (Å²) in [6.07, 6.45) is 12.3. The summed E-state index contributed by atoms with van der Waals surface area (Å²) in [6, 6.07) is 0.865. The Morgan fingerprint density at radius 3 is 2.62 bits per heavy atom. The van der Waals surface area contributed by atoms with Crippen LogP contribution in [0.5, 0.6) is 0 Å². The van der Waals surface area contributed by atoms with E-state index in [9.17, 15) is 0 Å². The number of fused-ring (bicyclic) bond motifs is 2. The smallest absolute Gasteiger partial charge is 0.00953 e. The van der Waals surface area contributed by atoms with Crippen LogP contribution in [-0.2, 0) is 0 Å². The van der Waals surface area contributed by atoms with Crippen LogP contribution in [0.1, 0.15) is 58.3 Å². The van der Waals surface area contributed by atoms with Crippen LogP contribution < -0.4 is 5.32 Å². The topological polar surface area (TPSA) is 12.0 Å². The van der Waals surface area contributed by atoms with E-state index in [2.05, 4.69) is 12.2 Å². The lowest BCUT2D eigenvalue weighted by molar-refractivity contribution is 0.247. The quantitative estimate of drug-likeness (QED) is 0.765. The molecule has 1 nitrogen and oxygen atoms in total. The molecule has 0 aromatic heterocycles. The molecule has 3 aliphatic carbocycles. The molecule has 0 spiro atoms. The van der Waals surface area contributed by atoms with E-state index < -0.39 is 0 Å². The predicted octanol–water partition coefficient (Wildman–Crippen LogP) is 3.59. The van der Waals surface area contributed by atoms with Gasteiger partial charge in [-0.25, -0.2) is 0 Å². The zero-order valence-electron chi connectivity index (χ0n) is 10.8. The molecule has 0 aliphatic heterocycles. The molecular formula is C15H27N. The molecule has 3 rings (SSSR count). The van der Waals surface area contributed by atoms with Gasteiger partial charge in [0.1, 0.15) is 0 Å². The van der Waals surface area contributed by atoms with Crippen LogP contribution in [-0.4, -0.2) is 12.6 Å². The summed E-state index contributed by atoms with van der Waals surface area (Å²) >= 11 is 0. The normalized spacial score (nSPS) is 46.7. The summed E-state index contributed by atoms with van der Waals surface area (Å²) in [5.74, 6) is 4.40. The average molecular weight is 221 g/mol. The van der Waals surface area contributed by atoms with Crippen molar-refractivity contribution in [2.24, 2.45) is 23.7 Å². The third-order valence-corrected chi connectivity index (χ3v) is 5.62.